The summed E-state index contributed by atoms with van der Waals surface area (Å²) in [6, 6.07) is 2.77. The first-order chi connectivity index (χ1) is 17.1. The van der Waals surface area contributed by atoms with Crippen molar-refractivity contribution in [1.82, 2.24) is 15.1 Å². The third kappa shape index (κ3) is 9.83. The molecule has 1 aliphatic rings. The van der Waals surface area contributed by atoms with Crippen LogP contribution in [0.3, 0.4) is 0 Å². The van der Waals surface area contributed by atoms with Crippen molar-refractivity contribution in [2.45, 2.75) is 55.2 Å². The second-order valence-electron chi connectivity index (χ2n) is 9.32. The minimum Gasteiger partial charge on any atom is -0.445 e. The number of likely N-dealkylation sites (tertiary alicyclic amines) is 1. The molecule has 1 aliphatic heterocycles. The second kappa shape index (κ2) is 13.4. The fraction of sp³-hybridized carbons (Fsp3) is 0.609. The number of alkyl halides is 3. The Morgan fingerprint density at radius 2 is 1.89 bits per heavy atom. The number of carbonyl (C=O) groups excluding carboxylic acids is 3. The monoisotopic (exact) mass is 603 g/mol. The molecule has 1 fully saturated rings. The van der Waals surface area contributed by atoms with E-state index >= 15 is 0 Å². The van der Waals surface area contributed by atoms with E-state index < -0.39 is 52.0 Å². The predicted octanol–water partition coefficient (Wildman–Crippen LogP) is 4.93. The lowest BCUT2D eigenvalue weighted by Gasteiger charge is -2.29. The van der Waals surface area contributed by atoms with E-state index in [0.717, 1.165) is 0 Å². The highest BCUT2D eigenvalue weighted by molar-refractivity contribution is 6.67. The number of ether oxygens (including phenoxy) is 3. The molecular formula is C23H30Cl4FN3O6. The number of carbonyl (C=O) groups is 3. The fourth-order valence-corrected chi connectivity index (χ4v) is 3.99. The molecule has 0 unspecified atom stereocenters. The summed E-state index contributed by atoms with van der Waals surface area (Å²) in [5, 5.41) is 2.56. The van der Waals surface area contributed by atoms with Gasteiger partial charge in [0.2, 0.25) is 9.70 Å². The molecule has 9 nitrogen and oxygen atoms in total. The number of methoxy groups -OCH3 is 1. The third-order valence-electron chi connectivity index (χ3n) is 5.27. The van der Waals surface area contributed by atoms with E-state index in [2.05, 4.69) is 5.32 Å². The van der Waals surface area contributed by atoms with E-state index in [0.29, 0.717) is 0 Å². The lowest BCUT2D eigenvalue weighted by atomic mass is 10.1. The summed E-state index contributed by atoms with van der Waals surface area (Å²) in [7, 11) is 1.46. The quantitative estimate of drug-likeness (QED) is 0.423. The highest BCUT2D eigenvalue weighted by Crippen LogP contribution is 2.28. The first-order valence-corrected chi connectivity index (χ1v) is 12.8. The number of nitrogens with one attached hydrogen (secondary N) is 1. The molecule has 0 aliphatic carbocycles. The van der Waals surface area contributed by atoms with Gasteiger partial charge in [-0.25, -0.2) is 14.0 Å². The van der Waals surface area contributed by atoms with Crippen molar-refractivity contribution in [1.29, 1.82) is 0 Å². The number of hydrogen-bond donors (Lipinski definition) is 1. The number of rotatable bonds is 8. The van der Waals surface area contributed by atoms with Crippen LogP contribution in [0.2, 0.25) is 5.02 Å². The minimum atomic E-state index is -1.82. The highest BCUT2D eigenvalue weighted by Gasteiger charge is 2.45. The molecule has 0 radical (unpaired) electrons. The molecule has 0 saturated carbocycles. The number of benzene rings is 1. The summed E-state index contributed by atoms with van der Waals surface area (Å²) in [6.07, 6.45) is -1.50. The van der Waals surface area contributed by atoms with E-state index in [1.54, 1.807) is 26.8 Å². The summed E-state index contributed by atoms with van der Waals surface area (Å²) >= 11 is 22.9. The molecule has 1 heterocycles. The van der Waals surface area contributed by atoms with Gasteiger partial charge in [-0.05, 0) is 33.3 Å². The molecular weight excluding hydrogens is 575 g/mol. The Hall–Kier alpha value is -1.72. The molecule has 0 aromatic heterocycles. The van der Waals surface area contributed by atoms with Gasteiger partial charge in [0.05, 0.1) is 17.7 Å². The zero-order chi connectivity index (χ0) is 28.0. The van der Waals surface area contributed by atoms with E-state index in [1.807, 2.05) is 0 Å². The van der Waals surface area contributed by atoms with Crippen LogP contribution in [0.15, 0.2) is 18.2 Å². The standard InChI is InChI=1S/C23H30Cl4FN3O6/c1-22(2,3)37-21(34)31-12-15(30(8-9-35-4)20(33)36-13-23(25,26)27)10-17(31)19(32)29-11-14-6-5-7-16(24)18(14)28/h5-7,15,17H,8-13H2,1-4H3,(H,29,32)/t15-,17-/m0/s1. The Bertz CT molecular complexity index is 973. The van der Waals surface area contributed by atoms with Gasteiger partial charge in [-0.1, -0.05) is 58.5 Å². The maximum absolute atomic E-state index is 14.3. The lowest BCUT2D eigenvalue weighted by Crippen LogP contribution is -2.48. The molecule has 0 bridgehead atoms. The zero-order valence-corrected chi connectivity index (χ0v) is 23.9. The van der Waals surface area contributed by atoms with Crippen molar-refractivity contribution in [3.05, 3.63) is 34.6 Å². The average Bonchev–Trinajstić information content (AvgIpc) is 3.22. The molecule has 1 aromatic carbocycles. The van der Waals surface area contributed by atoms with Crippen molar-refractivity contribution in [2.75, 3.05) is 33.4 Å². The van der Waals surface area contributed by atoms with Crippen LogP contribution in [-0.2, 0) is 25.5 Å². The third-order valence-corrected chi connectivity index (χ3v) is 5.88. The molecule has 3 amide bonds. The first-order valence-electron chi connectivity index (χ1n) is 11.3. The first kappa shape index (κ1) is 31.5. The number of nitrogens with zero attached hydrogens (tertiary/aromatic N) is 2. The largest absolute Gasteiger partial charge is 0.445 e. The molecule has 1 N–H and O–H groups in total. The van der Waals surface area contributed by atoms with Crippen LogP contribution in [0.1, 0.15) is 32.8 Å². The summed E-state index contributed by atoms with van der Waals surface area (Å²) < 4.78 is 28.2. The SMILES string of the molecule is COCCN(C(=O)OCC(Cl)(Cl)Cl)[C@H]1C[C@@H](C(=O)NCc2cccc(Cl)c2F)N(C(=O)OC(C)(C)C)C1. The van der Waals surface area contributed by atoms with Gasteiger partial charge in [0.1, 0.15) is 24.1 Å². The molecule has 2 atom stereocenters. The van der Waals surface area contributed by atoms with Gasteiger partial charge < -0.3 is 24.4 Å². The number of hydrogen-bond acceptors (Lipinski definition) is 6. The van der Waals surface area contributed by atoms with Gasteiger partial charge in [0.15, 0.2) is 0 Å². The molecule has 208 valence electrons. The smallest absolute Gasteiger partial charge is 0.411 e. The second-order valence-corrected chi connectivity index (χ2v) is 12.2. The van der Waals surface area contributed by atoms with Gasteiger partial charge >= 0.3 is 12.2 Å². The number of halogens is 5. The average molecular weight is 605 g/mol. The van der Waals surface area contributed by atoms with E-state index in [1.165, 1.54) is 29.0 Å². The van der Waals surface area contributed by atoms with Crippen LogP contribution in [0.5, 0.6) is 0 Å². The van der Waals surface area contributed by atoms with Crippen molar-refractivity contribution >= 4 is 64.5 Å². The molecule has 1 aromatic rings. The van der Waals surface area contributed by atoms with Crippen molar-refractivity contribution in [2.24, 2.45) is 0 Å². The van der Waals surface area contributed by atoms with Gasteiger partial charge in [-0.15, -0.1) is 0 Å². The Labute approximate surface area is 235 Å². The topological polar surface area (TPSA) is 97.4 Å². The van der Waals surface area contributed by atoms with Crippen LogP contribution in [0.4, 0.5) is 14.0 Å². The van der Waals surface area contributed by atoms with E-state index in [4.69, 9.17) is 60.6 Å². The normalized spacial score (nSPS) is 17.9. The summed E-state index contributed by atoms with van der Waals surface area (Å²) in [4.78, 5) is 41.5. The van der Waals surface area contributed by atoms with Crippen molar-refractivity contribution in [3.8, 4) is 0 Å². The zero-order valence-electron chi connectivity index (χ0n) is 20.9. The molecule has 14 heteroatoms. The highest BCUT2D eigenvalue weighted by atomic mass is 35.6. The van der Waals surface area contributed by atoms with Crippen LogP contribution >= 0.6 is 46.4 Å². The van der Waals surface area contributed by atoms with Crippen LogP contribution in [-0.4, -0.2) is 82.8 Å². The summed E-state index contributed by atoms with van der Waals surface area (Å²) in [5.74, 6) is -1.21. The maximum atomic E-state index is 14.3. The van der Waals surface area contributed by atoms with Crippen molar-refractivity contribution < 1.29 is 33.0 Å². The Morgan fingerprint density at radius 3 is 2.49 bits per heavy atom. The maximum Gasteiger partial charge on any atom is 0.411 e. The molecule has 0 spiro atoms. The lowest BCUT2D eigenvalue weighted by molar-refractivity contribution is -0.125. The summed E-state index contributed by atoms with van der Waals surface area (Å²) in [6.45, 7) is 4.61. The molecule has 1 saturated heterocycles. The Kier molecular flexibility index (Phi) is 11.4. The Morgan fingerprint density at radius 1 is 1.22 bits per heavy atom. The van der Waals surface area contributed by atoms with Gasteiger partial charge in [0.25, 0.3) is 0 Å². The van der Waals surface area contributed by atoms with Gasteiger partial charge in [-0.2, -0.15) is 0 Å². The summed E-state index contributed by atoms with van der Waals surface area (Å²) in [5.41, 5.74) is -0.657. The van der Waals surface area contributed by atoms with E-state index in [9.17, 15) is 18.8 Å². The van der Waals surface area contributed by atoms with Gasteiger partial charge in [0, 0.05) is 32.3 Å². The predicted molar refractivity (Wildman–Crippen MR) is 139 cm³/mol. The van der Waals surface area contributed by atoms with Gasteiger partial charge in [-0.3, -0.25) is 9.69 Å². The molecule has 2 rings (SSSR count). The molecule has 37 heavy (non-hydrogen) atoms. The number of amides is 3. The Balaban J connectivity index is 2.25. The van der Waals surface area contributed by atoms with Crippen LogP contribution in [0, 0.1) is 5.82 Å². The minimum absolute atomic E-state index is 0.0366. The van der Waals surface area contributed by atoms with Crippen LogP contribution < -0.4 is 5.32 Å². The fourth-order valence-electron chi connectivity index (χ4n) is 3.63. The van der Waals surface area contributed by atoms with Crippen LogP contribution in [0.25, 0.3) is 0 Å². The van der Waals surface area contributed by atoms with Crippen molar-refractivity contribution in [3.63, 3.8) is 0 Å². The van der Waals surface area contributed by atoms with E-state index in [-0.39, 0.29) is 43.2 Å².